The average molecular weight is 314 g/mol. The molecule has 90 valence electrons. The van der Waals surface area contributed by atoms with Crippen molar-refractivity contribution < 1.29 is 0 Å². The zero-order chi connectivity index (χ0) is 12.5. The standard InChI is InChI=1S/C13H14BrClN2/c1-13(8-16,7-9-2-3-9)17-10-4-5-12(15)11(14)6-10/h4-6,9,17H,2-3,7H2,1H3. The van der Waals surface area contributed by atoms with Crippen LogP contribution in [0.2, 0.25) is 5.02 Å². The van der Waals surface area contributed by atoms with E-state index in [0.717, 1.165) is 16.6 Å². The fourth-order valence-electron chi connectivity index (χ4n) is 1.92. The molecule has 0 bridgehead atoms. The van der Waals surface area contributed by atoms with Crippen LogP contribution in [0.4, 0.5) is 5.69 Å². The van der Waals surface area contributed by atoms with Crippen molar-refractivity contribution in [3.63, 3.8) is 0 Å². The van der Waals surface area contributed by atoms with Gasteiger partial charge in [0.15, 0.2) is 0 Å². The maximum atomic E-state index is 9.30. The molecule has 0 aromatic heterocycles. The lowest BCUT2D eigenvalue weighted by molar-refractivity contribution is 0.544. The molecule has 4 heteroatoms. The van der Waals surface area contributed by atoms with E-state index in [-0.39, 0.29) is 0 Å². The Morgan fingerprint density at radius 3 is 2.82 bits per heavy atom. The quantitative estimate of drug-likeness (QED) is 0.882. The van der Waals surface area contributed by atoms with Gasteiger partial charge >= 0.3 is 0 Å². The van der Waals surface area contributed by atoms with Crippen LogP contribution in [-0.4, -0.2) is 5.54 Å². The van der Waals surface area contributed by atoms with Crippen molar-refractivity contribution >= 4 is 33.2 Å². The summed E-state index contributed by atoms with van der Waals surface area (Å²) in [4.78, 5) is 0. The predicted molar refractivity (Wildman–Crippen MR) is 74.1 cm³/mol. The van der Waals surface area contributed by atoms with E-state index < -0.39 is 5.54 Å². The molecule has 0 amide bonds. The highest BCUT2D eigenvalue weighted by atomic mass is 79.9. The van der Waals surface area contributed by atoms with E-state index in [0.29, 0.717) is 10.9 Å². The number of hydrogen-bond donors (Lipinski definition) is 1. The van der Waals surface area contributed by atoms with Crippen LogP contribution in [0.5, 0.6) is 0 Å². The minimum absolute atomic E-state index is 0.492. The first-order valence-electron chi connectivity index (χ1n) is 5.67. The molecule has 0 aliphatic heterocycles. The van der Waals surface area contributed by atoms with Crippen LogP contribution >= 0.6 is 27.5 Å². The smallest absolute Gasteiger partial charge is 0.122 e. The number of nitriles is 1. The monoisotopic (exact) mass is 312 g/mol. The Labute approximate surface area is 115 Å². The zero-order valence-electron chi connectivity index (χ0n) is 9.63. The van der Waals surface area contributed by atoms with Crippen LogP contribution in [0, 0.1) is 17.2 Å². The first-order chi connectivity index (χ1) is 8.02. The van der Waals surface area contributed by atoms with E-state index in [1.807, 2.05) is 25.1 Å². The van der Waals surface area contributed by atoms with Crippen molar-refractivity contribution in [3.05, 3.63) is 27.7 Å². The Bertz CT molecular complexity index is 465. The molecule has 0 saturated heterocycles. The van der Waals surface area contributed by atoms with Gasteiger partial charge in [-0.3, -0.25) is 0 Å². The van der Waals surface area contributed by atoms with Gasteiger partial charge in [0.05, 0.1) is 11.1 Å². The molecule has 1 saturated carbocycles. The van der Waals surface area contributed by atoms with Gasteiger partial charge < -0.3 is 5.32 Å². The highest BCUT2D eigenvalue weighted by Gasteiger charge is 2.33. The van der Waals surface area contributed by atoms with Crippen molar-refractivity contribution in [3.8, 4) is 6.07 Å². The van der Waals surface area contributed by atoms with Gasteiger partial charge in [0, 0.05) is 10.2 Å². The summed E-state index contributed by atoms with van der Waals surface area (Å²) in [5.74, 6) is 0.711. The molecule has 2 nitrogen and oxygen atoms in total. The Kier molecular flexibility index (Phi) is 3.65. The van der Waals surface area contributed by atoms with Gasteiger partial charge in [0.1, 0.15) is 5.54 Å². The molecule has 1 fully saturated rings. The van der Waals surface area contributed by atoms with Crippen molar-refractivity contribution in [2.24, 2.45) is 5.92 Å². The number of rotatable bonds is 4. The maximum Gasteiger partial charge on any atom is 0.122 e. The van der Waals surface area contributed by atoms with Crippen molar-refractivity contribution in [2.75, 3.05) is 5.32 Å². The van der Waals surface area contributed by atoms with Gasteiger partial charge in [-0.2, -0.15) is 5.26 Å². The van der Waals surface area contributed by atoms with E-state index in [1.54, 1.807) is 0 Å². The third kappa shape index (κ3) is 3.37. The second-order valence-corrected chi connectivity index (χ2v) is 6.11. The molecule has 1 N–H and O–H groups in total. The number of hydrogen-bond acceptors (Lipinski definition) is 2. The number of nitrogens with one attached hydrogen (secondary N) is 1. The highest BCUT2D eigenvalue weighted by Crippen LogP contribution is 2.38. The lowest BCUT2D eigenvalue weighted by Crippen LogP contribution is -2.33. The summed E-state index contributed by atoms with van der Waals surface area (Å²) >= 11 is 9.32. The van der Waals surface area contributed by atoms with E-state index in [2.05, 4.69) is 27.3 Å². The second kappa shape index (κ2) is 4.88. The molecule has 0 heterocycles. The van der Waals surface area contributed by atoms with E-state index in [1.165, 1.54) is 12.8 Å². The zero-order valence-corrected chi connectivity index (χ0v) is 12.0. The summed E-state index contributed by atoms with van der Waals surface area (Å²) in [6.07, 6.45) is 3.41. The van der Waals surface area contributed by atoms with Gasteiger partial charge in [0.2, 0.25) is 0 Å². The minimum Gasteiger partial charge on any atom is -0.368 e. The van der Waals surface area contributed by atoms with Crippen LogP contribution in [0.15, 0.2) is 22.7 Å². The molecule has 1 aromatic rings. The molecule has 0 radical (unpaired) electrons. The average Bonchev–Trinajstić information content (AvgIpc) is 3.07. The molecule has 1 aliphatic rings. The van der Waals surface area contributed by atoms with E-state index in [4.69, 9.17) is 11.6 Å². The Balaban J connectivity index is 2.11. The molecule has 1 unspecified atom stereocenters. The fourth-order valence-corrected chi connectivity index (χ4v) is 2.41. The molecule has 0 spiro atoms. The third-order valence-electron chi connectivity index (χ3n) is 2.98. The van der Waals surface area contributed by atoms with E-state index >= 15 is 0 Å². The molecule has 1 aliphatic carbocycles. The fraction of sp³-hybridized carbons (Fsp3) is 0.462. The van der Waals surface area contributed by atoms with Crippen molar-refractivity contribution in [2.45, 2.75) is 31.7 Å². The van der Waals surface area contributed by atoms with Crippen molar-refractivity contribution in [1.29, 1.82) is 5.26 Å². The molecule has 17 heavy (non-hydrogen) atoms. The maximum absolute atomic E-state index is 9.30. The number of nitrogens with zero attached hydrogens (tertiary/aromatic N) is 1. The summed E-state index contributed by atoms with van der Waals surface area (Å²) in [6, 6.07) is 8.00. The van der Waals surface area contributed by atoms with Crippen LogP contribution in [0.3, 0.4) is 0 Å². The SMILES string of the molecule is CC(C#N)(CC1CC1)Nc1ccc(Cl)c(Br)c1. The molecular weight excluding hydrogens is 300 g/mol. The third-order valence-corrected chi connectivity index (χ3v) is 4.19. The molecular formula is C13H14BrClN2. The topological polar surface area (TPSA) is 35.8 Å². The van der Waals surface area contributed by atoms with Crippen LogP contribution < -0.4 is 5.32 Å². The lowest BCUT2D eigenvalue weighted by atomic mass is 9.96. The number of benzene rings is 1. The second-order valence-electron chi connectivity index (χ2n) is 4.85. The molecule has 2 rings (SSSR count). The van der Waals surface area contributed by atoms with Gasteiger partial charge in [-0.25, -0.2) is 0 Å². The lowest BCUT2D eigenvalue weighted by Gasteiger charge is -2.24. The first kappa shape index (κ1) is 12.7. The predicted octanol–water partition coefficient (Wildman–Crippen LogP) is 4.60. The minimum atomic E-state index is -0.492. The van der Waals surface area contributed by atoms with Crippen LogP contribution in [0.25, 0.3) is 0 Å². The van der Waals surface area contributed by atoms with Gasteiger partial charge in [-0.05, 0) is 53.4 Å². The van der Waals surface area contributed by atoms with Gasteiger partial charge in [-0.1, -0.05) is 24.4 Å². The van der Waals surface area contributed by atoms with Crippen LogP contribution in [0.1, 0.15) is 26.2 Å². The van der Waals surface area contributed by atoms with Crippen molar-refractivity contribution in [1.82, 2.24) is 0 Å². The largest absolute Gasteiger partial charge is 0.368 e. The molecule has 1 atom stereocenters. The normalized spacial score (nSPS) is 18.2. The Morgan fingerprint density at radius 2 is 2.29 bits per heavy atom. The summed E-state index contributed by atoms with van der Waals surface area (Å²) < 4.78 is 0.843. The number of halogens is 2. The van der Waals surface area contributed by atoms with Gasteiger partial charge in [0.25, 0.3) is 0 Å². The van der Waals surface area contributed by atoms with Gasteiger partial charge in [-0.15, -0.1) is 0 Å². The summed E-state index contributed by atoms with van der Waals surface area (Å²) in [7, 11) is 0. The Morgan fingerprint density at radius 1 is 1.59 bits per heavy atom. The summed E-state index contributed by atoms with van der Waals surface area (Å²) in [5, 5.41) is 13.3. The Hall–Kier alpha value is -0.720. The highest BCUT2D eigenvalue weighted by molar-refractivity contribution is 9.10. The summed E-state index contributed by atoms with van der Waals surface area (Å²) in [5.41, 5.74) is 0.431. The van der Waals surface area contributed by atoms with Crippen LogP contribution in [-0.2, 0) is 0 Å². The first-order valence-corrected chi connectivity index (χ1v) is 6.84. The molecule has 1 aromatic carbocycles. The summed E-state index contributed by atoms with van der Waals surface area (Å²) in [6.45, 7) is 1.95. The number of anilines is 1. The van der Waals surface area contributed by atoms with E-state index in [9.17, 15) is 5.26 Å².